The molecule has 8 heteroatoms. The standard InChI is InChI=1S/C18H21ClN2O4S/c1-3-13-4-7-15(8-5-13)25-11-10-20-18(22)16-12-14(6-9-17(16)19)21-26(2,23)24/h4-9,12,21H,3,10-11H2,1-2H3,(H,20,22). The number of anilines is 1. The van der Waals surface area contributed by atoms with Gasteiger partial charge >= 0.3 is 0 Å². The summed E-state index contributed by atoms with van der Waals surface area (Å²) >= 11 is 6.03. The van der Waals surface area contributed by atoms with Gasteiger partial charge in [0.25, 0.3) is 5.91 Å². The van der Waals surface area contributed by atoms with E-state index in [1.165, 1.54) is 23.8 Å². The third-order valence-electron chi connectivity index (χ3n) is 3.50. The van der Waals surface area contributed by atoms with E-state index in [1.807, 2.05) is 24.3 Å². The Labute approximate surface area is 158 Å². The zero-order valence-corrected chi connectivity index (χ0v) is 16.2. The van der Waals surface area contributed by atoms with Gasteiger partial charge in [0.15, 0.2) is 0 Å². The lowest BCUT2D eigenvalue weighted by Gasteiger charge is -2.11. The Hall–Kier alpha value is -2.25. The average molecular weight is 397 g/mol. The van der Waals surface area contributed by atoms with Gasteiger partial charge in [0.2, 0.25) is 10.0 Å². The van der Waals surface area contributed by atoms with Gasteiger partial charge < -0.3 is 10.1 Å². The molecule has 0 saturated carbocycles. The molecule has 0 radical (unpaired) electrons. The van der Waals surface area contributed by atoms with E-state index in [1.54, 1.807) is 0 Å². The van der Waals surface area contributed by atoms with Crippen molar-refractivity contribution >= 4 is 33.2 Å². The van der Waals surface area contributed by atoms with E-state index in [2.05, 4.69) is 17.0 Å². The smallest absolute Gasteiger partial charge is 0.252 e. The number of hydrogen-bond donors (Lipinski definition) is 2. The Morgan fingerprint density at radius 1 is 1.15 bits per heavy atom. The summed E-state index contributed by atoms with van der Waals surface area (Å²) in [6, 6.07) is 12.1. The number of halogens is 1. The van der Waals surface area contributed by atoms with Crippen molar-refractivity contribution in [1.29, 1.82) is 0 Å². The Bertz CT molecular complexity index is 867. The second-order valence-corrected chi connectivity index (χ2v) is 7.83. The van der Waals surface area contributed by atoms with Crippen LogP contribution < -0.4 is 14.8 Å². The van der Waals surface area contributed by atoms with Gasteiger partial charge in [-0.25, -0.2) is 8.42 Å². The molecule has 0 bridgehead atoms. The molecule has 6 nitrogen and oxygen atoms in total. The number of carbonyl (C=O) groups excluding carboxylic acids is 1. The molecule has 2 aromatic carbocycles. The maximum atomic E-state index is 12.2. The quantitative estimate of drug-likeness (QED) is 0.671. The number of aryl methyl sites for hydroxylation is 1. The van der Waals surface area contributed by atoms with Gasteiger partial charge in [-0.3, -0.25) is 9.52 Å². The van der Waals surface area contributed by atoms with Crippen LogP contribution in [0.1, 0.15) is 22.8 Å². The lowest BCUT2D eigenvalue weighted by Crippen LogP contribution is -2.28. The average Bonchev–Trinajstić information content (AvgIpc) is 2.59. The molecule has 2 aromatic rings. The summed E-state index contributed by atoms with van der Waals surface area (Å²) < 4.78 is 30.5. The lowest BCUT2D eigenvalue weighted by molar-refractivity contribution is 0.0947. The van der Waals surface area contributed by atoms with Crippen molar-refractivity contribution < 1.29 is 17.9 Å². The highest BCUT2D eigenvalue weighted by molar-refractivity contribution is 7.92. The van der Waals surface area contributed by atoms with Gasteiger partial charge in [0.1, 0.15) is 12.4 Å². The van der Waals surface area contributed by atoms with Crippen molar-refractivity contribution in [3.8, 4) is 5.75 Å². The number of carbonyl (C=O) groups is 1. The molecule has 0 heterocycles. The van der Waals surface area contributed by atoms with Gasteiger partial charge in [-0.15, -0.1) is 0 Å². The van der Waals surface area contributed by atoms with Crippen molar-refractivity contribution in [2.24, 2.45) is 0 Å². The topological polar surface area (TPSA) is 84.5 Å². The van der Waals surface area contributed by atoms with Crippen molar-refractivity contribution in [1.82, 2.24) is 5.32 Å². The lowest BCUT2D eigenvalue weighted by atomic mass is 10.2. The number of ether oxygens (including phenoxy) is 1. The fourth-order valence-electron chi connectivity index (χ4n) is 2.23. The van der Waals surface area contributed by atoms with Crippen molar-refractivity contribution in [2.45, 2.75) is 13.3 Å². The largest absolute Gasteiger partial charge is 0.492 e. The minimum atomic E-state index is -3.43. The first-order valence-corrected chi connectivity index (χ1v) is 10.3. The molecule has 0 unspecified atom stereocenters. The van der Waals surface area contributed by atoms with Crippen molar-refractivity contribution in [2.75, 3.05) is 24.1 Å². The summed E-state index contributed by atoms with van der Waals surface area (Å²) in [5, 5.41) is 2.93. The van der Waals surface area contributed by atoms with Crippen LogP contribution in [0.2, 0.25) is 5.02 Å². The molecule has 2 rings (SSSR count). The van der Waals surface area contributed by atoms with E-state index < -0.39 is 15.9 Å². The molecule has 0 aliphatic carbocycles. The maximum Gasteiger partial charge on any atom is 0.252 e. The number of hydrogen-bond acceptors (Lipinski definition) is 4. The summed E-state index contributed by atoms with van der Waals surface area (Å²) in [5.74, 6) is 0.325. The molecule has 0 atom stereocenters. The van der Waals surface area contributed by atoms with E-state index in [0.29, 0.717) is 6.61 Å². The highest BCUT2D eigenvalue weighted by Crippen LogP contribution is 2.21. The minimum Gasteiger partial charge on any atom is -0.492 e. The summed E-state index contributed by atoms with van der Waals surface area (Å²) in [5.41, 5.74) is 1.69. The Kier molecular flexibility index (Phi) is 6.88. The van der Waals surface area contributed by atoms with Crippen LogP contribution in [0.25, 0.3) is 0 Å². The normalized spacial score (nSPS) is 11.0. The molecule has 0 aliphatic rings. The first kappa shape index (κ1) is 20.1. The molecule has 0 aromatic heterocycles. The predicted octanol–water partition coefficient (Wildman–Crippen LogP) is 3.08. The van der Waals surface area contributed by atoms with Gasteiger partial charge in [0.05, 0.1) is 23.4 Å². The van der Waals surface area contributed by atoms with Crippen LogP contribution in [-0.2, 0) is 16.4 Å². The molecule has 0 fully saturated rings. The van der Waals surface area contributed by atoms with E-state index in [0.717, 1.165) is 18.4 Å². The zero-order chi connectivity index (χ0) is 19.2. The number of rotatable bonds is 8. The monoisotopic (exact) mass is 396 g/mol. The first-order chi connectivity index (χ1) is 12.3. The molecule has 140 valence electrons. The first-order valence-electron chi connectivity index (χ1n) is 8.06. The van der Waals surface area contributed by atoms with Crippen LogP contribution in [0.5, 0.6) is 5.75 Å². The van der Waals surface area contributed by atoms with Crippen LogP contribution in [0.4, 0.5) is 5.69 Å². The molecule has 1 amide bonds. The predicted molar refractivity (Wildman–Crippen MR) is 104 cm³/mol. The van der Waals surface area contributed by atoms with Gasteiger partial charge in [-0.2, -0.15) is 0 Å². The summed E-state index contributed by atoms with van der Waals surface area (Å²) in [7, 11) is -3.43. The second kappa shape index (κ2) is 8.91. The number of sulfonamides is 1. The second-order valence-electron chi connectivity index (χ2n) is 5.67. The van der Waals surface area contributed by atoms with Crippen LogP contribution >= 0.6 is 11.6 Å². The molecule has 0 aliphatic heterocycles. The van der Waals surface area contributed by atoms with Crippen LogP contribution in [0.15, 0.2) is 42.5 Å². The highest BCUT2D eigenvalue weighted by Gasteiger charge is 2.12. The third-order valence-corrected chi connectivity index (χ3v) is 4.44. The highest BCUT2D eigenvalue weighted by atomic mass is 35.5. The van der Waals surface area contributed by atoms with E-state index in [-0.39, 0.29) is 22.8 Å². The molecule has 0 saturated heterocycles. The Morgan fingerprint density at radius 3 is 2.46 bits per heavy atom. The SMILES string of the molecule is CCc1ccc(OCCNC(=O)c2cc(NS(C)(=O)=O)ccc2Cl)cc1. The van der Waals surface area contributed by atoms with E-state index in [9.17, 15) is 13.2 Å². The van der Waals surface area contributed by atoms with Gasteiger partial charge in [-0.1, -0.05) is 30.7 Å². The summed E-state index contributed by atoms with van der Waals surface area (Å²) in [6.07, 6.45) is 2.00. The summed E-state index contributed by atoms with van der Waals surface area (Å²) in [6.45, 7) is 2.67. The molecular formula is C18H21ClN2O4S. The molecule has 2 N–H and O–H groups in total. The Balaban J connectivity index is 1.89. The van der Waals surface area contributed by atoms with E-state index >= 15 is 0 Å². The molecule has 26 heavy (non-hydrogen) atoms. The number of benzene rings is 2. The Morgan fingerprint density at radius 2 is 1.85 bits per heavy atom. The fraction of sp³-hybridized carbons (Fsp3) is 0.278. The zero-order valence-electron chi connectivity index (χ0n) is 14.6. The van der Waals surface area contributed by atoms with Crippen LogP contribution in [-0.4, -0.2) is 33.7 Å². The maximum absolute atomic E-state index is 12.2. The number of amides is 1. The van der Waals surface area contributed by atoms with Crippen LogP contribution in [0, 0.1) is 0 Å². The molecular weight excluding hydrogens is 376 g/mol. The van der Waals surface area contributed by atoms with Gasteiger partial charge in [0, 0.05) is 5.69 Å². The molecule has 0 spiro atoms. The van der Waals surface area contributed by atoms with Crippen molar-refractivity contribution in [3.05, 3.63) is 58.6 Å². The third kappa shape index (κ3) is 6.24. The van der Waals surface area contributed by atoms with Crippen LogP contribution in [0.3, 0.4) is 0 Å². The summed E-state index contributed by atoms with van der Waals surface area (Å²) in [4.78, 5) is 12.2. The minimum absolute atomic E-state index is 0.188. The van der Waals surface area contributed by atoms with Crippen molar-refractivity contribution in [3.63, 3.8) is 0 Å². The van der Waals surface area contributed by atoms with Gasteiger partial charge in [-0.05, 0) is 42.3 Å². The fourth-order valence-corrected chi connectivity index (χ4v) is 2.99. The van der Waals surface area contributed by atoms with E-state index in [4.69, 9.17) is 16.3 Å². The number of nitrogens with one attached hydrogen (secondary N) is 2.